The molecule has 0 bridgehead atoms. The topological polar surface area (TPSA) is 92.7 Å². The van der Waals surface area contributed by atoms with E-state index in [1.54, 1.807) is 31.9 Å². The number of ether oxygens (including phenoxy) is 1. The normalized spacial score (nSPS) is 26.2. The molecule has 4 heterocycles. The highest BCUT2D eigenvalue weighted by atomic mass is 16.6. The summed E-state index contributed by atoms with van der Waals surface area (Å²) in [5.41, 5.74) is 1.11. The van der Waals surface area contributed by atoms with Gasteiger partial charge in [0, 0.05) is 44.7 Å². The molecule has 3 aliphatic heterocycles. The number of rotatable bonds is 2. The van der Waals surface area contributed by atoms with E-state index < -0.39 is 11.5 Å². The monoisotopic (exact) mass is 386 g/mol. The zero-order valence-corrected chi connectivity index (χ0v) is 16.6. The van der Waals surface area contributed by atoms with E-state index >= 15 is 0 Å². The van der Waals surface area contributed by atoms with Gasteiger partial charge in [0.05, 0.1) is 24.1 Å². The van der Waals surface area contributed by atoms with Crippen molar-refractivity contribution in [3.05, 3.63) is 23.3 Å². The lowest BCUT2D eigenvalue weighted by Crippen LogP contribution is -2.45. The first-order valence-electron chi connectivity index (χ1n) is 9.89. The Hall–Kier alpha value is -2.51. The van der Waals surface area contributed by atoms with Crippen LogP contribution in [0.2, 0.25) is 0 Å². The van der Waals surface area contributed by atoms with Crippen LogP contribution in [-0.4, -0.2) is 56.2 Å². The maximum absolute atomic E-state index is 13.0. The fourth-order valence-corrected chi connectivity index (χ4v) is 4.52. The van der Waals surface area contributed by atoms with Gasteiger partial charge in [0.2, 0.25) is 11.8 Å². The summed E-state index contributed by atoms with van der Waals surface area (Å²) in [5.74, 6) is -0.0764. The molecule has 4 rings (SSSR count). The molecular formula is C20H26N4O4. The maximum Gasteiger partial charge on any atom is 0.307 e. The Balaban J connectivity index is 1.50. The van der Waals surface area contributed by atoms with Crippen LogP contribution in [0.3, 0.4) is 0 Å². The van der Waals surface area contributed by atoms with Crippen molar-refractivity contribution in [2.75, 3.05) is 13.1 Å². The molecule has 2 fully saturated rings. The van der Waals surface area contributed by atoms with E-state index in [0.29, 0.717) is 25.3 Å². The van der Waals surface area contributed by atoms with Crippen molar-refractivity contribution in [3.8, 4) is 0 Å². The van der Waals surface area contributed by atoms with E-state index in [4.69, 9.17) is 9.72 Å². The van der Waals surface area contributed by atoms with Gasteiger partial charge in [-0.15, -0.1) is 0 Å². The van der Waals surface area contributed by atoms with Crippen molar-refractivity contribution in [3.63, 3.8) is 0 Å². The third-order valence-electron chi connectivity index (χ3n) is 6.10. The average molecular weight is 386 g/mol. The summed E-state index contributed by atoms with van der Waals surface area (Å²) in [6.07, 6.45) is 4.41. The quantitative estimate of drug-likeness (QED) is 0.713. The molecule has 8 nitrogen and oxygen atoms in total. The van der Waals surface area contributed by atoms with Gasteiger partial charge in [0.1, 0.15) is 5.60 Å². The summed E-state index contributed by atoms with van der Waals surface area (Å²) >= 11 is 0. The summed E-state index contributed by atoms with van der Waals surface area (Å²) < 4.78 is 5.30. The molecule has 0 radical (unpaired) electrons. The van der Waals surface area contributed by atoms with Gasteiger partial charge in [-0.2, -0.15) is 0 Å². The molecule has 2 atom stereocenters. The van der Waals surface area contributed by atoms with Crippen LogP contribution in [0.5, 0.6) is 0 Å². The van der Waals surface area contributed by atoms with Gasteiger partial charge >= 0.3 is 5.97 Å². The maximum atomic E-state index is 13.0. The van der Waals surface area contributed by atoms with Gasteiger partial charge in [-0.25, -0.2) is 9.97 Å². The second kappa shape index (κ2) is 6.83. The number of cyclic esters (lactones) is 1. The van der Waals surface area contributed by atoms with Crippen molar-refractivity contribution < 1.29 is 19.1 Å². The van der Waals surface area contributed by atoms with E-state index in [0.717, 1.165) is 30.6 Å². The van der Waals surface area contributed by atoms with E-state index in [1.165, 1.54) is 0 Å². The number of likely N-dealkylation sites (tertiary alicyclic amines) is 1. The summed E-state index contributed by atoms with van der Waals surface area (Å²) in [6, 6.07) is -0.0510. The summed E-state index contributed by atoms with van der Waals surface area (Å²) in [5, 5.41) is 0. The van der Waals surface area contributed by atoms with Crippen LogP contribution in [0.1, 0.15) is 63.2 Å². The van der Waals surface area contributed by atoms with Gasteiger partial charge in [0.25, 0.3) is 0 Å². The molecule has 8 heteroatoms. The first kappa shape index (κ1) is 18.8. The second-order valence-corrected chi connectivity index (χ2v) is 8.41. The Morgan fingerprint density at radius 1 is 1.29 bits per heavy atom. The van der Waals surface area contributed by atoms with Gasteiger partial charge in [0.15, 0.2) is 5.82 Å². The van der Waals surface area contributed by atoms with Crippen LogP contribution in [-0.2, 0) is 32.1 Å². The average Bonchev–Trinajstić information content (AvgIpc) is 3.24. The first-order chi connectivity index (χ1) is 13.3. The Bertz CT molecular complexity index is 837. The van der Waals surface area contributed by atoms with E-state index in [9.17, 15) is 14.4 Å². The highest BCUT2D eigenvalue weighted by molar-refractivity contribution is 5.87. The Kier molecular flexibility index (Phi) is 4.59. The van der Waals surface area contributed by atoms with Crippen molar-refractivity contribution in [1.82, 2.24) is 19.8 Å². The van der Waals surface area contributed by atoms with Crippen LogP contribution in [0.15, 0.2) is 6.20 Å². The summed E-state index contributed by atoms with van der Waals surface area (Å²) in [4.78, 5) is 49.3. The van der Waals surface area contributed by atoms with Gasteiger partial charge in [-0.3, -0.25) is 14.4 Å². The van der Waals surface area contributed by atoms with Gasteiger partial charge < -0.3 is 14.5 Å². The lowest BCUT2D eigenvalue weighted by atomic mass is 9.89. The second-order valence-electron chi connectivity index (χ2n) is 8.41. The summed E-state index contributed by atoms with van der Waals surface area (Å²) in [6.45, 7) is 6.91. The van der Waals surface area contributed by atoms with Crippen LogP contribution in [0, 0.1) is 5.92 Å². The molecule has 1 aromatic heterocycles. The van der Waals surface area contributed by atoms with E-state index in [2.05, 4.69) is 4.98 Å². The third kappa shape index (κ3) is 3.25. The molecule has 1 aromatic rings. The standard InChI is InChI=1S/C20H26N4O4/c1-12(25)24-7-4-5-16(24)18-21-10-13-11-23(8-6-15(13)22-18)19(27)14-9-17(26)28-20(14,2)3/h10,14,16H,4-9,11H2,1-3H3. The number of hydrogen-bond donors (Lipinski definition) is 0. The zero-order valence-electron chi connectivity index (χ0n) is 16.6. The number of esters is 1. The predicted octanol–water partition coefficient (Wildman–Crippen LogP) is 1.39. The molecule has 2 unspecified atom stereocenters. The van der Waals surface area contributed by atoms with E-state index in [-0.39, 0.29) is 30.2 Å². The van der Waals surface area contributed by atoms with Crippen LogP contribution < -0.4 is 0 Å². The molecule has 2 saturated heterocycles. The third-order valence-corrected chi connectivity index (χ3v) is 6.10. The van der Waals surface area contributed by atoms with Crippen LogP contribution in [0.4, 0.5) is 0 Å². The first-order valence-corrected chi connectivity index (χ1v) is 9.89. The number of carbonyl (C=O) groups is 3. The predicted molar refractivity (Wildman–Crippen MR) is 98.8 cm³/mol. The number of aromatic nitrogens is 2. The van der Waals surface area contributed by atoms with Crippen molar-refractivity contribution >= 4 is 17.8 Å². The number of hydrogen-bond acceptors (Lipinski definition) is 6. The molecule has 2 amide bonds. The van der Waals surface area contributed by atoms with E-state index in [1.807, 2.05) is 4.90 Å². The van der Waals surface area contributed by atoms with Crippen molar-refractivity contribution in [2.24, 2.45) is 5.92 Å². The molecule has 0 saturated carbocycles. The minimum atomic E-state index is -0.770. The zero-order chi connectivity index (χ0) is 20.1. The molecule has 0 aliphatic carbocycles. The molecule has 0 N–H and O–H groups in total. The molecular weight excluding hydrogens is 360 g/mol. The molecule has 0 spiro atoms. The molecule has 150 valence electrons. The fourth-order valence-electron chi connectivity index (χ4n) is 4.52. The minimum Gasteiger partial charge on any atom is -0.459 e. The number of nitrogens with zero attached hydrogens (tertiary/aromatic N) is 4. The highest BCUT2D eigenvalue weighted by Crippen LogP contribution is 2.35. The highest BCUT2D eigenvalue weighted by Gasteiger charge is 2.47. The number of carbonyl (C=O) groups excluding carboxylic acids is 3. The Morgan fingerprint density at radius 2 is 2.07 bits per heavy atom. The fraction of sp³-hybridized carbons (Fsp3) is 0.650. The SMILES string of the molecule is CC(=O)N1CCCC1c1ncc2c(n1)CCN(C(=O)C1CC(=O)OC1(C)C)C2. The van der Waals surface area contributed by atoms with Crippen molar-refractivity contribution in [1.29, 1.82) is 0 Å². The number of amides is 2. The summed E-state index contributed by atoms with van der Waals surface area (Å²) in [7, 11) is 0. The van der Waals surface area contributed by atoms with Gasteiger partial charge in [-0.05, 0) is 26.7 Å². The smallest absolute Gasteiger partial charge is 0.307 e. The lowest BCUT2D eigenvalue weighted by Gasteiger charge is -2.33. The van der Waals surface area contributed by atoms with Gasteiger partial charge in [-0.1, -0.05) is 0 Å². The lowest BCUT2D eigenvalue weighted by molar-refractivity contribution is -0.149. The minimum absolute atomic E-state index is 0.0510. The molecule has 28 heavy (non-hydrogen) atoms. The van der Waals surface area contributed by atoms with Crippen molar-refractivity contribution in [2.45, 2.75) is 64.6 Å². The number of fused-ring (bicyclic) bond motifs is 1. The van der Waals surface area contributed by atoms with Crippen LogP contribution in [0.25, 0.3) is 0 Å². The Morgan fingerprint density at radius 3 is 2.75 bits per heavy atom. The largest absolute Gasteiger partial charge is 0.459 e. The molecule has 3 aliphatic rings. The van der Waals surface area contributed by atoms with Crippen LogP contribution >= 0.6 is 0 Å². The molecule has 0 aromatic carbocycles. The Labute approximate surface area is 164 Å².